The number of nitrogens with zero attached hydrogens (tertiary/aromatic N) is 2. The van der Waals surface area contributed by atoms with Crippen LogP contribution in [0.1, 0.15) is 25.0 Å². The van der Waals surface area contributed by atoms with Crippen molar-refractivity contribution in [1.82, 2.24) is 20.4 Å². The summed E-state index contributed by atoms with van der Waals surface area (Å²) in [5, 5.41) is 9.88. The van der Waals surface area contributed by atoms with E-state index in [-0.39, 0.29) is 23.3 Å². The number of likely N-dealkylation sites (N-methyl/N-ethyl adjacent to an activating group) is 2. The van der Waals surface area contributed by atoms with Gasteiger partial charge >= 0.3 is 6.18 Å². The number of ether oxygens (including phenoxy) is 1. The maximum Gasteiger partial charge on any atom is 0.420 e. The van der Waals surface area contributed by atoms with Crippen LogP contribution in [0.25, 0.3) is 11.3 Å². The van der Waals surface area contributed by atoms with Gasteiger partial charge in [0.1, 0.15) is 5.75 Å². The van der Waals surface area contributed by atoms with Crippen molar-refractivity contribution in [2.75, 3.05) is 33.8 Å². The van der Waals surface area contributed by atoms with Gasteiger partial charge in [0.15, 0.2) is 0 Å². The molecular weight excluding hydrogens is 393 g/mol. The molecule has 2 aromatic rings. The first kappa shape index (κ1) is 22.5. The number of benzene rings is 1. The highest BCUT2D eigenvalue weighted by molar-refractivity contribution is 6.32. The van der Waals surface area contributed by atoms with Crippen molar-refractivity contribution in [3.05, 3.63) is 34.5 Å². The Hall–Kier alpha value is -1.77. The quantitative estimate of drug-likeness (QED) is 0.632. The molecular formula is C19H26ClF3N4O. The molecule has 1 heterocycles. The molecule has 5 nitrogen and oxygen atoms in total. The van der Waals surface area contributed by atoms with Gasteiger partial charge < -0.3 is 15.0 Å². The lowest BCUT2D eigenvalue weighted by atomic mass is 10.0. The van der Waals surface area contributed by atoms with Crippen LogP contribution in [0.2, 0.25) is 5.02 Å². The third-order valence-electron chi connectivity index (χ3n) is 4.09. The predicted octanol–water partition coefficient (Wildman–Crippen LogP) is 4.43. The van der Waals surface area contributed by atoms with Gasteiger partial charge in [-0.2, -0.15) is 18.3 Å². The zero-order chi connectivity index (χ0) is 20.9. The molecule has 28 heavy (non-hydrogen) atoms. The molecule has 0 radical (unpaired) electrons. The number of halogens is 4. The van der Waals surface area contributed by atoms with Gasteiger partial charge in [0, 0.05) is 37.0 Å². The van der Waals surface area contributed by atoms with Gasteiger partial charge in [0.25, 0.3) is 0 Å². The molecule has 0 amide bonds. The summed E-state index contributed by atoms with van der Waals surface area (Å²) >= 11 is 6.19. The number of hydrogen-bond donors (Lipinski definition) is 2. The van der Waals surface area contributed by atoms with E-state index in [0.717, 1.165) is 24.7 Å². The summed E-state index contributed by atoms with van der Waals surface area (Å²) in [6.45, 7) is 5.99. The molecule has 0 aliphatic carbocycles. The molecule has 1 aromatic carbocycles. The van der Waals surface area contributed by atoms with Crippen LogP contribution in [-0.4, -0.2) is 48.9 Å². The molecule has 9 heteroatoms. The highest BCUT2D eigenvalue weighted by Gasteiger charge is 2.36. The first-order valence-electron chi connectivity index (χ1n) is 9.03. The standard InChI is InChI=1S/C19H26ClF3N4O/c1-12(2)11-28-18-15(19(21,22)23)7-13(8-16(18)20)17-14(9-25-26-17)10-27(4)6-5-24-3/h7-9,12,24H,5-6,10-11H2,1-4H3,(H,25,26). The monoisotopic (exact) mass is 418 g/mol. The number of alkyl halides is 3. The summed E-state index contributed by atoms with van der Waals surface area (Å²) in [6.07, 6.45) is -2.90. The average molecular weight is 419 g/mol. The van der Waals surface area contributed by atoms with Crippen molar-refractivity contribution in [3.63, 3.8) is 0 Å². The summed E-state index contributed by atoms with van der Waals surface area (Å²) in [5.74, 6) is -0.266. The van der Waals surface area contributed by atoms with E-state index in [1.165, 1.54) is 6.07 Å². The lowest BCUT2D eigenvalue weighted by molar-refractivity contribution is -0.139. The fourth-order valence-corrected chi connectivity index (χ4v) is 2.97. The van der Waals surface area contributed by atoms with E-state index in [1.54, 1.807) is 6.20 Å². The Bertz CT molecular complexity index is 777. The first-order chi connectivity index (χ1) is 13.1. The summed E-state index contributed by atoms with van der Waals surface area (Å²) in [4.78, 5) is 2.05. The van der Waals surface area contributed by atoms with E-state index in [1.807, 2.05) is 27.9 Å². The van der Waals surface area contributed by atoms with Crippen LogP contribution in [0.5, 0.6) is 5.75 Å². The second-order valence-corrected chi connectivity index (χ2v) is 7.54. The van der Waals surface area contributed by atoms with Crippen LogP contribution in [0.4, 0.5) is 13.2 Å². The van der Waals surface area contributed by atoms with Gasteiger partial charge in [-0.25, -0.2) is 0 Å². The van der Waals surface area contributed by atoms with Crippen LogP contribution in [0, 0.1) is 5.92 Å². The minimum absolute atomic E-state index is 0.0721. The second-order valence-electron chi connectivity index (χ2n) is 7.14. The molecule has 0 fully saturated rings. The highest BCUT2D eigenvalue weighted by Crippen LogP contribution is 2.43. The van der Waals surface area contributed by atoms with Crippen molar-refractivity contribution in [3.8, 4) is 17.0 Å². The summed E-state index contributed by atoms with van der Waals surface area (Å²) < 4.78 is 46.3. The van der Waals surface area contributed by atoms with Crippen molar-refractivity contribution in [2.24, 2.45) is 5.92 Å². The van der Waals surface area contributed by atoms with E-state index >= 15 is 0 Å². The number of aromatic amines is 1. The molecule has 0 atom stereocenters. The Balaban J connectivity index is 2.40. The van der Waals surface area contributed by atoms with Gasteiger partial charge in [0.05, 0.1) is 22.9 Å². The van der Waals surface area contributed by atoms with Crippen molar-refractivity contribution >= 4 is 11.6 Å². The normalized spacial score (nSPS) is 12.2. The largest absolute Gasteiger partial charge is 0.491 e. The summed E-state index contributed by atoms with van der Waals surface area (Å²) in [5.41, 5.74) is 0.637. The Morgan fingerprint density at radius 3 is 2.64 bits per heavy atom. The third kappa shape index (κ3) is 5.86. The SMILES string of the molecule is CNCCN(C)Cc1c[nH]nc1-c1cc(Cl)c(OCC(C)C)c(C(F)(F)F)c1. The highest BCUT2D eigenvalue weighted by atomic mass is 35.5. The molecule has 0 bridgehead atoms. The van der Waals surface area contributed by atoms with Gasteiger partial charge in [-0.1, -0.05) is 25.4 Å². The van der Waals surface area contributed by atoms with Crippen LogP contribution < -0.4 is 10.1 Å². The first-order valence-corrected chi connectivity index (χ1v) is 9.41. The van der Waals surface area contributed by atoms with E-state index in [4.69, 9.17) is 16.3 Å². The minimum atomic E-state index is -4.59. The Morgan fingerprint density at radius 1 is 1.32 bits per heavy atom. The zero-order valence-corrected chi connectivity index (χ0v) is 17.2. The van der Waals surface area contributed by atoms with Crippen LogP contribution in [0.3, 0.4) is 0 Å². The number of H-pyrrole nitrogens is 1. The van der Waals surface area contributed by atoms with Crippen molar-refractivity contribution in [1.29, 1.82) is 0 Å². The Kier molecular flexibility index (Phi) is 7.74. The molecule has 2 N–H and O–H groups in total. The molecule has 0 spiro atoms. The molecule has 0 aliphatic rings. The predicted molar refractivity (Wildman–Crippen MR) is 105 cm³/mol. The topological polar surface area (TPSA) is 53.2 Å². The number of hydrogen-bond acceptors (Lipinski definition) is 4. The Morgan fingerprint density at radius 2 is 2.04 bits per heavy atom. The van der Waals surface area contributed by atoms with E-state index < -0.39 is 11.7 Å². The third-order valence-corrected chi connectivity index (χ3v) is 4.37. The van der Waals surface area contributed by atoms with Gasteiger partial charge in [-0.15, -0.1) is 0 Å². The van der Waals surface area contributed by atoms with Gasteiger partial charge in [-0.3, -0.25) is 5.10 Å². The van der Waals surface area contributed by atoms with Crippen LogP contribution >= 0.6 is 11.6 Å². The lowest BCUT2D eigenvalue weighted by Gasteiger charge is -2.19. The van der Waals surface area contributed by atoms with Crippen molar-refractivity contribution < 1.29 is 17.9 Å². The maximum atomic E-state index is 13.6. The number of aromatic nitrogens is 2. The van der Waals surface area contributed by atoms with Crippen LogP contribution in [0.15, 0.2) is 18.3 Å². The van der Waals surface area contributed by atoms with Gasteiger partial charge in [0.2, 0.25) is 0 Å². The molecule has 0 aliphatic heterocycles. The molecule has 156 valence electrons. The number of nitrogens with one attached hydrogen (secondary N) is 2. The van der Waals surface area contributed by atoms with Crippen LogP contribution in [-0.2, 0) is 12.7 Å². The molecule has 2 rings (SSSR count). The van der Waals surface area contributed by atoms with E-state index in [9.17, 15) is 13.2 Å². The molecule has 1 aromatic heterocycles. The molecule has 0 saturated carbocycles. The van der Waals surface area contributed by atoms with E-state index in [0.29, 0.717) is 17.8 Å². The smallest absolute Gasteiger partial charge is 0.420 e. The maximum absolute atomic E-state index is 13.6. The average Bonchev–Trinajstić information content (AvgIpc) is 3.05. The van der Waals surface area contributed by atoms with E-state index in [2.05, 4.69) is 20.4 Å². The number of rotatable bonds is 9. The fourth-order valence-electron chi connectivity index (χ4n) is 2.70. The fraction of sp³-hybridized carbons (Fsp3) is 0.526. The summed E-state index contributed by atoms with van der Waals surface area (Å²) in [6, 6.07) is 2.52. The molecule has 0 saturated heterocycles. The summed E-state index contributed by atoms with van der Waals surface area (Å²) in [7, 11) is 3.80. The zero-order valence-electron chi connectivity index (χ0n) is 16.5. The molecule has 0 unspecified atom stereocenters. The lowest BCUT2D eigenvalue weighted by Crippen LogP contribution is -2.27. The second kappa shape index (κ2) is 9.62. The minimum Gasteiger partial charge on any atom is -0.491 e. The van der Waals surface area contributed by atoms with Gasteiger partial charge in [-0.05, 0) is 32.1 Å². The Labute approximate surface area is 168 Å². The van der Waals surface area contributed by atoms with Crippen molar-refractivity contribution in [2.45, 2.75) is 26.6 Å².